The van der Waals surface area contributed by atoms with Crippen LogP contribution in [0.25, 0.3) is 11.1 Å². The number of oxazole rings is 1. The minimum absolute atomic E-state index is 0.306. The van der Waals surface area contributed by atoms with Gasteiger partial charge in [0.15, 0.2) is 5.58 Å². The van der Waals surface area contributed by atoms with Gasteiger partial charge in [-0.3, -0.25) is 4.57 Å². The number of aromatic nitrogens is 1. The molecule has 1 aromatic heterocycles. The number of nitrogens with two attached hydrogens (primary N) is 1. The molecule has 0 aliphatic heterocycles. The molecule has 20 heavy (non-hydrogen) atoms. The first-order valence-corrected chi connectivity index (χ1v) is 7.50. The highest BCUT2D eigenvalue weighted by atomic mass is 16.4. The molecule has 1 aromatic carbocycles. The number of nitrogens with zero attached hydrogens (tertiary/aromatic N) is 1. The summed E-state index contributed by atoms with van der Waals surface area (Å²) in [5, 5.41) is 0. The predicted molar refractivity (Wildman–Crippen MR) is 79.8 cm³/mol. The van der Waals surface area contributed by atoms with E-state index in [2.05, 4.69) is 12.1 Å². The monoisotopic (exact) mass is 274 g/mol. The van der Waals surface area contributed by atoms with E-state index >= 15 is 0 Å². The van der Waals surface area contributed by atoms with Crippen molar-refractivity contribution in [1.29, 1.82) is 0 Å². The fourth-order valence-corrected chi connectivity index (χ4v) is 3.51. The van der Waals surface area contributed by atoms with Gasteiger partial charge in [0.05, 0.1) is 5.52 Å². The number of rotatable bonds is 3. The van der Waals surface area contributed by atoms with Gasteiger partial charge < -0.3 is 10.2 Å². The summed E-state index contributed by atoms with van der Waals surface area (Å²) in [5.74, 6) is 0.763. The van der Waals surface area contributed by atoms with Crippen molar-refractivity contribution in [1.82, 2.24) is 4.57 Å². The molecule has 1 fully saturated rings. The van der Waals surface area contributed by atoms with Crippen LogP contribution in [-0.4, -0.2) is 11.1 Å². The highest BCUT2D eigenvalue weighted by Crippen LogP contribution is 2.36. The van der Waals surface area contributed by atoms with Crippen LogP contribution >= 0.6 is 0 Å². The van der Waals surface area contributed by atoms with Crippen LogP contribution in [-0.2, 0) is 7.05 Å². The summed E-state index contributed by atoms with van der Waals surface area (Å²) < 4.78 is 6.75. The lowest BCUT2D eigenvalue weighted by Gasteiger charge is -2.29. The van der Waals surface area contributed by atoms with Gasteiger partial charge in [0.2, 0.25) is 0 Å². The first-order valence-electron chi connectivity index (χ1n) is 7.50. The fourth-order valence-electron chi connectivity index (χ4n) is 3.51. The van der Waals surface area contributed by atoms with Gasteiger partial charge in [-0.1, -0.05) is 25.3 Å². The van der Waals surface area contributed by atoms with Gasteiger partial charge >= 0.3 is 5.76 Å². The van der Waals surface area contributed by atoms with Gasteiger partial charge in [0.25, 0.3) is 0 Å². The second-order valence-corrected chi connectivity index (χ2v) is 5.89. The second-order valence-electron chi connectivity index (χ2n) is 5.89. The smallest absolute Gasteiger partial charge is 0.408 e. The molecule has 0 amide bonds. The third-order valence-electron chi connectivity index (χ3n) is 4.72. The van der Waals surface area contributed by atoms with Crippen molar-refractivity contribution >= 4 is 11.1 Å². The van der Waals surface area contributed by atoms with E-state index in [1.54, 1.807) is 11.6 Å². The molecule has 1 aliphatic carbocycles. The standard InChI is InChI=1S/C16H22N2O2/c1-18-14-9-12(7-8-15(14)20-16(18)19)13(10-17)11-5-3-2-4-6-11/h7-9,11,13H,2-6,10,17H2,1H3. The number of fused-ring (bicyclic) bond motifs is 1. The molecule has 3 rings (SSSR count). The van der Waals surface area contributed by atoms with E-state index in [0.717, 1.165) is 5.52 Å². The van der Waals surface area contributed by atoms with Crippen molar-refractivity contribution in [3.05, 3.63) is 34.3 Å². The Morgan fingerprint density at radius 2 is 2.10 bits per heavy atom. The molecule has 0 spiro atoms. The molecule has 4 heteroatoms. The largest absolute Gasteiger partial charge is 0.419 e. The summed E-state index contributed by atoms with van der Waals surface area (Å²) >= 11 is 0. The number of hydrogen-bond donors (Lipinski definition) is 1. The minimum Gasteiger partial charge on any atom is -0.408 e. The van der Waals surface area contributed by atoms with Crippen LogP contribution in [0.2, 0.25) is 0 Å². The summed E-state index contributed by atoms with van der Waals surface area (Å²) in [4.78, 5) is 11.6. The zero-order chi connectivity index (χ0) is 14.1. The molecule has 0 radical (unpaired) electrons. The zero-order valence-corrected chi connectivity index (χ0v) is 12.0. The van der Waals surface area contributed by atoms with Crippen LogP contribution in [0, 0.1) is 5.92 Å². The SMILES string of the molecule is Cn1c(=O)oc2ccc(C(CN)C3CCCCC3)cc21. The molecule has 0 saturated heterocycles. The lowest BCUT2D eigenvalue weighted by atomic mass is 9.77. The molecule has 1 atom stereocenters. The van der Waals surface area contributed by atoms with Crippen molar-refractivity contribution in [2.45, 2.75) is 38.0 Å². The molecule has 1 aliphatic rings. The van der Waals surface area contributed by atoms with Crippen LogP contribution in [0.4, 0.5) is 0 Å². The summed E-state index contributed by atoms with van der Waals surface area (Å²) in [5.41, 5.74) is 8.79. The highest BCUT2D eigenvalue weighted by Gasteiger charge is 2.24. The van der Waals surface area contributed by atoms with Gasteiger partial charge in [-0.05, 0) is 48.9 Å². The van der Waals surface area contributed by atoms with Crippen molar-refractivity contribution in [3.8, 4) is 0 Å². The van der Waals surface area contributed by atoms with E-state index < -0.39 is 0 Å². The van der Waals surface area contributed by atoms with Gasteiger partial charge in [-0.15, -0.1) is 0 Å². The Kier molecular flexibility index (Phi) is 3.66. The van der Waals surface area contributed by atoms with E-state index in [1.807, 2.05) is 6.07 Å². The number of aryl methyl sites for hydroxylation is 1. The highest BCUT2D eigenvalue weighted by molar-refractivity contribution is 5.73. The van der Waals surface area contributed by atoms with Crippen LogP contribution < -0.4 is 11.5 Å². The molecule has 2 aromatic rings. The molecule has 0 bridgehead atoms. The summed E-state index contributed by atoms with van der Waals surface area (Å²) in [6, 6.07) is 6.04. The van der Waals surface area contributed by atoms with Crippen molar-refractivity contribution < 1.29 is 4.42 Å². The molecule has 2 N–H and O–H groups in total. The average Bonchev–Trinajstić information content (AvgIpc) is 2.76. The third kappa shape index (κ3) is 2.29. The maximum Gasteiger partial charge on any atom is 0.419 e. The van der Waals surface area contributed by atoms with Gasteiger partial charge in [0, 0.05) is 7.05 Å². The lowest BCUT2D eigenvalue weighted by Crippen LogP contribution is -2.23. The van der Waals surface area contributed by atoms with Gasteiger partial charge in [0.1, 0.15) is 0 Å². The van der Waals surface area contributed by atoms with Gasteiger partial charge in [-0.2, -0.15) is 0 Å². The predicted octanol–water partition coefficient (Wildman–Crippen LogP) is 2.75. The van der Waals surface area contributed by atoms with E-state index in [-0.39, 0.29) is 5.76 Å². The molecule has 1 heterocycles. The maximum absolute atomic E-state index is 11.6. The van der Waals surface area contributed by atoms with Crippen molar-refractivity contribution in [3.63, 3.8) is 0 Å². The van der Waals surface area contributed by atoms with E-state index in [1.165, 1.54) is 37.7 Å². The minimum atomic E-state index is -0.306. The molecular weight excluding hydrogens is 252 g/mol. The second kappa shape index (κ2) is 5.44. The van der Waals surface area contributed by atoms with Crippen molar-refractivity contribution in [2.75, 3.05) is 6.54 Å². The Hall–Kier alpha value is -1.55. The van der Waals surface area contributed by atoms with Crippen molar-refractivity contribution in [2.24, 2.45) is 18.7 Å². The third-order valence-corrected chi connectivity index (χ3v) is 4.72. The molecule has 1 unspecified atom stereocenters. The zero-order valence-electron chi connectivity index (χ0n) is 12.0. The fraction of sp³-hybridized carbons (Fsp3) is 0.562. The Labute approximate surface area is 118 Å². The van der Waals surface area contributed by atoms with Crippen LogP contribution in [0.1, 0.15) is 43.6 Å². The van der Waals surface area contributed by atoms with Crippen LogP contribution in [0.3, 0.4) is 0 Å². The summed E-state index contributed by atoms with van der Waals surface area (Å²) in [6.07, 6.45) is 6.51. The van der Waals surface area contributed by atoms with E-state index in [4.69, 9.17) is 10.2 Å². The lowest BCUT2D eigenvalue weighted by molar-refractivity contribution is 0.307. The molecule has 108 valence electrons. The number of benzene rings is 1. The Balaban J connectivity index is 1.98. The molecule has 4 nitrogen and oxygen atoms in total. The first kappa shape index (κ1) is 13.4. The molecule has 1 saturated carbocycles. The van der Waals surface area contributed by atoms with Crippen LogP contribution in [0.15, 0.2) is 27.4 Å². The molecular formula is C16H22N2O2. The topological polar surface area (TPSA) is 61.2 Å². The van der Waals surface area contributed by atoms with Gasteiger partial charge in [-0.25, -0.2) is 4.79 Å². The maximum atomic E-state index is 11.6. The average molecular weight is 274 g/mol. The Morgan fingerprint density at radius 1 is 1.35 bits per heavy atom. The quantitative estimate of drug-likeness (QED) is 0.936. The number of hydrogen-bond acceptors (Lipinski definition) is 3. The summed E-state index contributed by atoms with van der Waals surface area (Å²) in [6.45, 7) is 0.669. The van der Waals surface area contributed by atoms with E-state index in [0.29, 0.717) is 24.0 Å². The summed E-state index contributed by atoms with van der Waals surface area (Å²) in [7, 11) is 1.75. The van der Waals surface area contributed by atoms with Crippen LogP contribution in [0.5, 0.6) is 0 Å². The van der Waals surface area contributed by atoms with E-state index in [9.17, 15) is 4.79 Å². The Morgan fingerprint density at radius 3 is 2.80 bits per heavy atom. The normalized spacial score (nSPS) is 18.5. The Bertz CT molecular complexity index is 650. The first-order chi connectivity index (χ1) is 9.70.